The van der Waals surface area contributed by atoms with E-state index in [9.17, 15) is 0 Å². The Labute approximate surface area is 229 Å². The molecule has 0 unspecified atom stereocenters. The molecule has 0 saturated carbocycles. The Morgan fingerprint density at radius 3 is 2.49 bits per heavy atom. The largest absolute Gasteiger partial charge is 0.488 e. The highest BCUT2D eigenvalue weighted by atomic mass is 16.5. The van der Waals surface area contributed by atoms with E-state index in [-0.39, 0.29) is 6.04 Å². The number of benzene rings is 5. The van der Waals surface area contributed by atoms with E-state index in [4.69, 9.17) is 9.73 Å². The van der Waals surface area contributed by atoms with Gasteiger partial charge in [-0.1, -0.05) is 103 Å². The Morgan fingerprint density at radius 1 is 0.795 bits per heavy atom. The second kappa shape index (κ2) is 10.3. The van der Waals surface area contributed by atoms with Crippen molar-refractivity contribution in [1.82, 2.24) is 0 Å². The van der Waals surface area contributed by atoms with Crippen molar-refractivity contribution >= 4 is 28.4 Å². The lowest BCUT2D eigenvalue weighted by Gasteiger charge is -2.37. The summed E-state index contributed by atoms with van der Waals surface area (Å²) in [6.45, 7) is 0.517. The molecular formula is C36H30N2O. The highest BCUT2D eigenvalue weighted by molar-refractivity contribution is 6.03. The third kappa shape index (κ3) is 4.61. The number of hydrogen-bond acceptors (Lipinski definition) is 3. The summed E-state index contributed by atoms with van der Waals surface area (Å²) in [4.78, 5) is 4.89. The summed E-state index contributed by atoms with van der Waals surface area (Å²) in [5.41, 5.74) is 7.03. The Hall–Kier alpha value is -4.63. The average Bonchev–Trinajstić information content (AvgIpc) is 3.50. The number of nitrogens with one attached hydrogen (secondary N) is 1. The minimum absolute atomic E-state index is 0.286. The molecule has 1 aliphatic heterocycles. The van der Waals surface area contributed by atoms with Crippen LogP contribution in [0.1, 0.15) is 40.6 Å². The molecule has 0 amide bonds. The van der Waals surface area contributed by atoms with Crippen LogP contribution in [0.25, 0.3) is 10.8 Å². The molecule has 3 atom stereocenters. The SMILES string of the molecule is C1=C[C@@H]2c3ccccc3N[C@H](c3ccc(N=Cc4c(OCc5ccccc5)ccc5ccccc45)cc3)[C@H]2C1. The van der Waals surface area contributed by atoms with Crippen LogP contribution in [-0.2, 0) is 6.61 Å². The van der Waals surface area contributed by atoms with Crippen LogP contribution in [0.3, 0.4) is 0 Å². The van der Waals surface area contributed by atoms with Crippen LogP contribution in [0, 0.1) is 5.92 Å². The fraction of sp³-hybridized carbons (Fsp3) is 0.139. The van der Waals surface area contributed by atoms with E-state index >= 15 is 0 Å². The van der Waals surface area contributed by atoms with Gasteiger partial charge in [0.05, 0.1) is 11.7 Å². The van der Waals surface area contributed by atoms with Gasteiger partial charge >= 0.3 is 0 Å². The number of fused-ring (bicyclic) bond motifs is 4. The minimum atomic E-state index is 0.286. The Kier molecular flexibility index (Phi) is 6.18. The van der Waals surface area contributed by atoms with Crippen molar-refractivity contribution in [2.75, 3.05) is 5.32 Å². The molecule has 1 N–H and O–H groups in total. The van der Waals surface area contributed by atoms with E-state index in [2.05, 4.69) is 108 Å². The normalized spacial score (nSPS) is 19.5. The molecule has 0 aromatic heterocycles. The lowest BCUT2D eigenvalue weighted by Crippen LogP contribution is -2.28. The molecule has 1 heterocycles. The van der Waals surface area contributed by atoms with E-state index in [1.807, 2.05) is 30.5 Å². The van der Waals surface area contributed by atoms with Gasteiger partial charge in [-0.25, -0.2) is 0 Å². The number of rotatable bonds is 6. The highest BCUT2D eigenvalue weighted by Crippen LogP contribution is 2.49. The van der Waals surface area contributed by atoms with E-state index in [0.717, 1.165) is 34.4 Å². The van der Waals surface area contributed by atoms with Crippen molar-refractivity contribution in [3.05, 3.63) is 150 Å². The van der Waals surface area contributed by atoms with Gasteiger partial charge in [-0.2, -0.15) is 0 Å². The molecule has 5 aromatic rings. The predicted octanol–water partition coefficient (Wildman–Crippen LogP) is 9.00. The molecule has 7 rings (SSSR count). The van der Waals surface area contributed by atoms with Gasteiger partial charge < -0.3 is 10.1 Å². The van der Waals surface area contributed by atoms with Gasteiger partial charge in [0.2, 0.25) is 0 Å². The maximum absolute atomic E-state index is 6.28. The number of para-hydroxylation sites is 1. The van der Waals surface area contributed by atoms with Crippen LogP contribution in [0.5, 0.6) is 5.75 Å². The van der Waals surface area contributed by atoms with Gasteiger partial charge in [0, 0.05) is 23.4 Å². The van der Waals surface area contributed by atoms with Gasteiger partial charge in [0.15, 0.2) is 0 Å². The third-order valence-electron chi connectivity index (χ3n) is 8.03. The van der Waals surface area contributed by atoms with Crippen molar-refractivity contribution in [2.24, 2.45) is 10.9 Å². The van der Waals surface area contributed by atoms with E-state index in [1.54, 1.807) is 0 Å². The maximum atomic E-state index is 6.28. The van der Waals surface area contributed by atoms with Gasteiger partial charge in [0.25, 0.3) is 0 Å². The second-order valence-corrected chi connectivity index (χ2v) is 10.4. The second-order valence-electron chi connectivity index (χ2n) is 10.4. The van der Waals surface area contributed by atoms with E-state index < -0.39 is 0 Å². The first-order valence-electron chi connectivity index (χ1n) is 13.7. The predicted molar refractivity (Wildman–Crippen MR) is 161 cm³/mol. The summed E-state index contributed by atoms with van der Waals surface area (Å²) >= 11 is 0. The molecule has 39 heavy (non-hydrogen) atoms. The van der Waals surface area contributed by atoms with Crippen molar-refractivity contribution in [2.45, 2.75) is 25.0 Å². The van der Waals surface area contributed by atoms with E-state index in [1.165, 1.54) is 22.2 Å². The third-order valence-corrected chi connectivity index (χ3v) is 8.03. The van der Waals surface area contributed by atoms with Gasteiger partial charge in [-0.15, -0.1) is 0 Å². The number of nitrogens with zero attached hydrogens (tertiary/aromatic N) is 1. The average molecular weight is 507 g/mol. The van der Waals surface area contributed by atoms with Gasteiger partial charge in [0.1, 0.15) is 12.4 Å². The van der Waals surface area contributed by atoms with Gasteiger partial charge in [-0.05, 0) is 64.1 Å². The van der Waals surface area contributed by atoms with Crippen LogP contribution < -0.4 is 10.1 Å². The summed E-state index contributed by atoms with van der Waals surface area (Å²) in [5.74, 6) is 1.85. The Bertz CT molecular complexity index is 1670. The first-order chi connectivity index (χ1) is 19.3. The Morgan fingerprint density at radius 2 is 1.59 bits per heavy atom. The number of aliphatic imine (C=N–C) groups is 1. The fourth-order valence-electron chi connectivity index (χ4n) is 6.05. The summed E-state index contributed by atoms with van der Waals surface area (Å²) in [6, 6.07) is 40.5. The lowest BCUT2D eigenvalue weighted by atomic mass is 9.77. The van der Waals surface area contributed by atoms with Crippen LogP contribution >= 0.6 is 0 Å². The quantitative estimate of drug-likeness (QED) is 0.184. The Balaban J connectivity index is 1.16. The smallest absolute Gasteiger partial charge is 0.129 e. The number of anilines is 1. The molecule has 0 fully saturated rings. The first-order valence-corrected chi connectivity index (χ1v) is 13.7. The molecule has 0 spiro atoms. The lowest BCUT2D eigenvalue weighted by molar-refractivity contribution is 0.306. The van der Waals surface area contributed by atoms with Crippen molar-refractivity contribution in [1.29, 1.82) is 0 Å². The molecule has 5 aromatic carbocycles. The van der Waals surface area contributed by atoms with E-state index in [0.29, 0.717) is 18.4 Å². The molecule has 3 heteroatoms. The summed E-state index contributed by atoms with van der Waals surface area (Å²) < 4.78 is 6.28. The monoisotopic (exact) mass is 506 g/mol. The molecule has 0 saturated heterocycles. The first kappa shape index (κ1) is 23.5. The molecule has 0 bridgehead atoms. The van der Waals surface area contributed by atoms with Crippen LogP contribution in [0.2, 0.25) is 0 Å². The number of hydrogen-bond donors (Lipinski definition) is 1. The molecule has 2 aliphatic rings. The number of ether oxygens (including phenoxy) is 1. The van der Waals surface area contributed by atoms with Crippen LogP contribution in [0.15, 0.2) is 132 Å². The van der Waals surface area contributed by atoms with Gasteiger partial charge in [-0.3, -0.25) is 4.99 Å². The zero-order valence-corrected chi connectivity index (χ0v) is 21.7. The molecule has 3 nitrogen and oxygen atoms in total. The minimum Gasteiger partial charge on any atom is -0.488 e. The topological polar surface area (TPSA) is 33.6 Å². The maximum Gasteiger partial charge on any atom is 0.129 e. The zero-order valence-electron chi connectivity index (χ0n) is 21.7. The molecule has 190 valence electrons. The van der Waals surface area contributed by atoms with Crippen LogP contribution in [-0.4, -0.2) is 6.21 Å². The highest BCUT2D eigenvalue weighted by Gasteiger charge is 2.37. The summed E-state index contributed by atoms with van der Waals surface area (Å²) in [6.07, 6.45) is 7.77. The molecular weight excluding hydrogens is 476 g/mol. The van der Waals surface area contributed by atoms with Crippen molar-refractivity contribution in [3.63, 3.8) is 0 Å². The zero-order chi connectivity index (χ0) is 26.0. The summed E-state index contributed by atoms with van der Waals surface area (Å²) in [5, 5.41) is 6.13. The van der Waals surface area contributed by atoms with Crippen molar-refractivity contribution < 1.29 is 4.74 Å². The molecule has 1 aliphatic carbocycles. The standard InChI is InChI=1S/C36H30N2O/c1-2-9-25(10-3-1)24-39-35-22-19-26-11-4-5-12-29(26)33(35)23-37-28-20-17-27(18-21-28)36-32-15-8-14-30(32)31-13-6-7-16-34(31)38-36/h1-14,16-23,30,32,36,38H,15,24H2/t30-,32+,36-/m1/s1. The summed E-state index contributed by atoms with van der Waals surface area (Å²) in [7, 11) is 0. The number of allylic oxidation sites excluding steroid dienone is 2. The van der Waals surface area contributed by atoms with Crippen LogP contribution in [0.4, 0.5) is 11.4 Å². The van der Waals surface area contributed by atoms with Crippen molar-refractivity contribution in [3.8, 4) is 5.75 Å². The fourth-order valence-corrected chi connectivity index (χ4v) is 6.05. The molecule has 0 radical (unpaired) electrons.